The number of nitrogens with one attached hydrogen (secondary N) is 1. The molecule has 0 saturated carbocycles. The second kappa shape index (κ2) is 4.28. The number of aromatic nitrogens is 2. The van der Waals surface area contributed by atoms with Gasteiger partial charge in [-0.25, -0.2) is 4.98 Å². The van der Waals surface area contributed by atoms with Gasteiger partial charge in [0, 0.05) is 33.4 Å². The number of anilines is 1. The Hall–Kier alpha value is -1.03. The van der Waals surface area contributed by atoms with E-state index in [1.165, 1.54) is 0 Å². The van der Waals surface area contributed by atoms with Crippen LogP contribution in [-0.4, -0.2) is 36.7 Å². The lowest BCUT2D eigenvalue weighted by molar-refractivity contribution is 0.736. The van der Waals surface area contributed by atoms with Crippen molar-refractivity contribution in [1.29, 1.82) is 0 Å². The van der Waals surface area contributed by atoms with E-state index in [0.29, 0.717) is 0 Å². The van der Waals surface area contributed by atoms with Gasteiger partial charge in [0.2, 0.25) is 5.95 Å². The maximum Gasteiger partial charge on any atom is 0.205 e. The highest BCUT2D eigenvalue weighted by molar-refractivity contribution is 5.31. The van der Waals surface area contributed by atoms with E-state index in [0.717, 1.165) is 24.7 Å². The predicted octanol–water partition coefficient (Wildman–Crippen LogP) is 0.384. The lowest BCUT2D eigenvalue weighted by Crippen LogP contribution is -2.28. The number of likely N-dealkylation sites (N-methyl/N-ethyl adjacent to an activating group) is 2. The van der Waals surface area contributed by atoms with Gasteiger partial charge in [0.25, 0.3) is 0 Å². The Kier molecular flexibility index (Phi) is 3.31. The van der Waals surface area contributed by atoms with E-state index >= 15 is 0 Å². The normalized spacial score (nSPS) is 10.5. The van der Waals surface area contributed by atoms with Crippen molar-refractivity contribution < 1.29 is 0 Å². The average molecular weight is 182 g/mol. The third kappa shape index (κ3) is 2.45. The van der Waals surface area contributed by atoms with Gasteiger partial charge in [-0.05, 0) is 14.0 Å². The molecule has 0 bridgehead atoms. The van der Waals surface area contributed by atoms with Crippen LogP contribution in [0.3, 0.4) is 0 Å². The van der Waals surface area contributed by atoms with Gasteiger partial charge in [-0.1, -0.05) is 0 Å². The molecule has 0 spiro atoms. The topological polar surface area (TPSA) is 33.1 Å². The van der Waals surface area contributed by atoms with E-state index in [4.69, 9.17) is 0 Å². The Bertz CT molecular complexity index is 267. The van der Waals surface area contributed by atoms with Crippen molar-refractivity contribution in [2.24, 2.45) is 7.05 Å². The van der Waals surface area contributed by atoms with Crippen LogP contribution >= 0.6 is 0 Å². The Labute approximate surface area is 79.6 Å². The van der Waals surface area contributed by atoms with Gasteiger partial charge < -0.3 is 14.8 Å². The molecule has 1 heterocycles. The Morgan fingerprint density at radius 2 is 2.31 bits per heavy atom. The van der Waals surface area contributed by atoms with E-state index in [2.05, 4.69) is 22.2 Å². The lowest BCUT2D eigenvalue weighted by atomic mass is 10.5. The summed E-state index contributed by atoms with van der Waals surface area (Å²) < 4.78 is 2.05. The molecule has 1 N–H and O–H groups in total. The number of hydrogen-bond donors (Lipinski definition) is 1. The highest BCUT2D eigenvalue weighted by Crippen LogP contribution is 2.09. The maximum atomic E-state index is 4.42. The molecule has 0 fully saturated rings. The van der Waals surface area contributed by atoms with Crippen LogP contribution in [0.4, 0.5) is 5.95 Å². The van der Waals surface area contributed by atoms with Crippen LogP contribution in [0.1, 0.15) is 5.69 Å². The molecule has 0 unspecified atom stereocenters. The van der Waals surface area contributed by atoms with E-state index in [1.54, 1.807) is 0 Å². The summed E-state index contributed by atoms with van der Waals surface area (Å²) in [5.41, 5.74) is 1.06. The molecule has 0 atom stereocenters. The molecule has 1 aromatic rings. The zero-order valence-corrected chi connectivity index (χ0v) is 8.83. The SMILES string of the molecule is CNCCN(C)c1nc(C)cn1C. The van der Waals surface area contributed by atoms with Crippen LogP contribution in [0.25, 0.3) is 0 Å². The molecule has 0 aliphatic carbocycles. The zero-order valence-electron chi connectivity index (χ0n) is 8.83. The molecular weight excluding hydrogens is 164 g/mol. The molecular formula is C9H18N4. The molecule has 4 heteroatoms. The summed E-state index contributed by atoms with van der Waals surface area (Å²) in [7, 11) is 6.03. The lowest BCUT2D eigenvalue weighted by Gasteiger charge is -2.17. The van der Waals surface area contributed by atoms with Gasteiger partial charge in [0.15, 0.2) is 0 Å². The highest BCUT2D eigenvalue weighted by atomic mass is 15.3. The molecule has 0 amide bonds. The summed E-state index contributed by atoms with van der Waals surface area (Å²) in [6, 6.07) is 0. The predicted molar refractivity (Wildman–Crippen MR) is 55.1 cm³/mol. The van der Waals surface area contributed by atoms with Crippen molar-refractivity contribution in [3.63, 3.8) is 0 Å². The summed E-state index contributed by atoms with van der Waals surface area (Å²) in [4.78, 5) is 6.57. The number of nitrogens with zero attached hydrogens (tertiary/aromatic N) is 3. The quantitative estimate of drug-likeness (QED) is 0.731. The number of rotatable bonds is 4. The summed E-state index contributed by atoms with van der Waals surface area (Å²) in [5.74, 6) is 1.02. The fraction of sp³-hybridized carbons (Fsp3) is 0.667. The number of aryl methyl sites for hydroxylation is 2. The van der Waals surface area contributed by atoms with Crippen molar-refractivity contribution in [3.8, 4) is 0 Å². The Balaban J connectivity index is 2.64. The van der Waals surface area contributed by atoms with Gasteiger partial charge in [-0.15, -0.1) is 0 Å². The van der Waals surface area contributed by atoms with Gasteiger partial charge >= 0.3 is 0 Å². The minimum absolute atomic E-state index is 0.973. The minimum Gasteiger partial charge on any atom is -0.344 e. The van der Waals surface area contributed by atoms with Gasteiger partial charge in [0.1, 0.15) is 0 Å². The fourth-order valence-corrected chi connectivity index (χ4v) is 1.34. The molecule has 74 valence electrons. The van der Waals surface area contributed by atoms with Crippen LogP contribution in [0.5, 0.6) is 0 Å². The second-order valence-corrected chi connectivity index (χ2v) is 3.32. The zero-order chi connectivity index (χ0) is 9.84. The first-order valence-corrected chi connectivity index (χ1v) is 4.51. The average Bonchev–Trinajstić information content (AvgIpc) is 2.41. The number of imidazole rings is 1. The largest absolute Gasteiger partial charge is 0.344 e. The first kappa shape index (κ1) is 10.1. The van der Waals surface area contributed by atoms with E-state index < -0.39 is 0 Å². The summed E-state index contributed by atoms with van der Waals surface area (Å²) in [6.45, 7) is 3.96. The standard InChI is InChI=1S/C9H18N4/c1-8-7-13(4)9(11-8)12(3)6-5-10-2/h7,10H,5-6H2,1-4H3. The van der Waals surface area contributed by atoms with Crippen molar-refractivity contribution in [1.82, 2.24) is 14.9 Å². The first-order chi connectivity index (χ1) is 6.15. The Morgan fingerprint density at radius 1 is 1.62 bits per heavy atom. The molecule has 0 aromatic carbocycles. The van der Waals surface area contributed by atoms with Gasteiger partial charge in [-0.3, -0.25) is 0 Å². The smallest absolute Gasteiger partial charge is 0.205 e. The summed E-state index contributed by atoms with van der Waals surface area (Å²) in [5, 5.41) is 3.12. The molecule has 13 heavy (non-hydrogen) atoms. The first-order valence-electron chi connectivity index (χ1n) is 4.51. The summed E-state index contributed by atoms with van der Waals surface area (Å²) >= 11 is 0. The van der Waals surface area contributed by atoms with E-state index in [9.17, 15) is 0 Å². The molecule has 0 radical (unpaired) electrons. The van der Waals surface area contributed by atoms with Crippen LogP contribution in [0.15, 0.2) is 6.20 Å². The van der Waals surface area contributed by atoms with Crippen molar-refractivity contribution >= 4 is 5.95 Å². The second-order valence-electron chi connectivity index (χ2n) is 3.32. The van der Waals surface area contributed by atoms with Crippen LogP contribution < -0.4 is 10.2 Å². The summed E-state index contributed by atoms with van der Waals surface area (Å²) in [6.07, 6.45) is 2.03. The minimum atomic E-state index is 0.973. The molecule has 0 aliphatic rings. The maximum absolute atomic E-state index is 4.42. The molecule has 0 saturated heterocycles. The van der Waals surface area contributed by atoms with E-state index in [-0.39, 0.29) is 0 Å². The van der Waals surface area contributed by atoms with Gasteiger partial charge in [0.05, 0.1) is 5.69 Å². The molecule has 1 aromatic heterocycles. The fourth-order valence-electron chi connectivity index (χ4n) is 1.34. The molecule has 4 nitrogen and oxygen atoms in total. The van der Waals surface area contributed by atoms with Gasteiger partial charge in [-0.2, -0.15) is 0 Å². The third-order valence-corrected chi connectivity index (χ3v) is 2.01. The van der Waals surface area contributed by atoms with E-state index in [1.807, 2.05) is 31.8 Å². The highest BCUT2D eigenvalue weighted by Gasteiger charge is 2.06. The monoisotopic (exact) mass is 182 g/mol. The van der Waals surface area contributed by atoms with Crippen molar-refractivity contribution in [2.45, 2.75) is 6.92 Å². The van der Waals surface area contributed by atoms with Crippen LogP contribution in [-0.2, 0) is 7.05 Å². The Morgan fingerprint density at radius 3 is 2.77 bits per heavy atom. The molecule has 0 aliphatic heterocycles. The third-order valence-electron chi connectivity index (χ3n) is 2.01. The van der Waals surface area contributed by atoms with Crippen LogP contribution in [0, 0.1) is 6.92 Å². The van der Waals surface area contributed by atoms with Crippen molar-refractivity contribution in [3.05, 3.63) is 11.9 Å². The number of hydrogen-bond acceptors (Lipinski definition) is 3. The van der Waals surface area contributed by atoms with Crippen molar-refractivity contribution in [2.75, 3.05) is 32.1 Å². The molecule has 1 rings (SSSR count). The van der Waals surface area contributed by atoms with Crippen LogP contribution in [0.2, 0.25) is 0 Å².